The van der Waals surface area contributed by atoms with Crippen LogP contribution in [0.25, 0.3) is 11.8 Å². The highest BCUT2D eigenvalue weighted by Gasteiger charge is 2.35. The van der Waals surface area contributed by atoms with Gasteiger partial charge in [0.2, 0.25) is 0 Å². The molecule has 1 aromatic heterocycles. The van der Waals surface area contributed by atoms with Crippen LogP contribution in [0.3, 0.4) is 0 Å². The zero-order valence-electron chi connectivity index (χ0n) is 27.2. The molecule has 0 saturated carbocycles. The highest BCUT2D eigenvalue weighted by molar-refractivity contribution is 7.07. The van der Waals surface area contributed by atoms with Gasteiger partial charge in [-0.25, -0.2) is 9.79 Å². The Labute approximate surface area is 287 Å². The molecule has 49 heavy (non-hydrogen) atoms. The molecular weight excluding hydrogens is 639 g/mol. The van der Waals surface area contributed by atoms with Crippen LogP contribution in [0.5, 0.6) is 17.2 Å². The molecule has 0 spiro atoms. The van der Waals surface area contributed by atoms with Gasteiger partial charge in [-0.1, -0.05) is 84.1 Å². The summed E-state index contributed by atoms with van der Waals surface area (Å²) >= 11 is 1.21. The van der Waals surface area contributed by atoms with Crippen molar-refractivity contribution in [2.45, 2.75) is 26.5 Å². The van der Waals surface area contributed by atoms with Gasteiger partial charge in [-0.2, -0.15) is 5.26 Å². The third-order valence-electron chi connectivity index (χ3n) is 7.91. The number of para-hydroxylation sites is 1. The van der Waals surface area contributed by atoms with Crippen molar-refractivity contribution in [3.8, 4) is 23.3 Å². The average Bonchev–Trinajstić information content (AvgIpc) is 3.45. The SMILES string of the molecule is CCOC(=O)C1=C(c2ccccc2)N=c2s/c(=C\c3cccc(OC)c3OCc3ccccc3C#N)c(=O)n2[C@H]1c1ccc(OCC)cc1. The Kier molecular flexibility index (Phi) is 10.0. The normalized spacial score (nSPS) is 14.0. The minimum absolute atomic E-state index is 0.118. The summed E-state index contributed by atoms with van der Waals surface area (Å²) in [6, 6.07) is 30.8. The molecular formula is C39H33N3O6S. The number of carbonyl (C=O) groups excluding carboxylic acids is 1. The van der Waals surface area contributed by atoms with E-state index < -0.39 is 12.0 Å². The molecule has 0 N–H and O–H groups in total. The van der Waals surface area contributed by atoms with Crippen molar-refractivity contribution in [1.29, 1.82) is 5.26 Å². The number of thiazole rings is 1. The van der Waals surface area contributed by atoms with Gasteiger partial charge < -0.3 is 18.9 Å². The first-order valence-electron chi connectivity index (χ1n) is 15.8. The minimum atomic E-state index is -0.827. The maximum atomic E-state index is 14.4. The summed E-state index contributed by atoms with van der Waals surface area (Å²) in [5.41, 5.74) is 3.61. The Morgan fingerprint density at radius 2 is 1.69 bits per heavy atom. The zero-order chi connectivity index (χ0) is 34.3. The molecule has 0 radical (unpaired) electrons. The highest BCUT2D eigenvalue weighted by atomic mass is 32.1. The Hall–Kier alpha value is -5.92. The maximum Gasteiger partial charge on any atom is 0.338 e. The van der Waals surface area contributed by atoms with Gasteiger partial charge in [0, 0.05) is 16.7 Å². The van der Waals surface area contributed by atoms with E-state index >= 15 is 0 Å². The Bertz CT molecular complexity index is 2250. The molecule has 9 nitrogen and oxygen atoms in total. The van der Waals surface area contributed by atoms with Gasteiger partial charge in [-0.3, -0.25) is 9.36 Å². The van der Waals surface area contributed by atoms with E-state index in [2.05, 4.69) is 6.07 Å². The number of esters is 1. The lowest BCUT2D eigenvalue weighted by atomic mass is 9.93. The predicted molar refractivity (Wildman–Crippen MR) is 187 cm³/mol. The summed E-state index contributed by atoms with van der Waals surface area (Å²) in [5.74, 6) is 1.01. The molecule has 246 valence electrons. The number of rotatable bonds is 11. The summed E-state index contributed by atoms with van der Waals surface area (Å²) < 4.78 is 25.1. The van der Waals surface area contributed by atoms with Gasteiger partial charge >= 0.3 is 5.97 Å². The highest BCUT2D eigenvalue weighted by Crippen LogP contribution is 2.36. The van der Waals surface area contributed by atoms with Gasteiger partial charge in [0.25, 0.3) is 5.56 Å². The van der Waals surface area contributed by atoms with Crippen molar-refractivity contribution in [3.63, 3.8) is 0 Å². The first kappa shape index (κ1) is 33.0. The van der Waals surface area contributed by atoms with Crippen LogP contribution < -0.4 is 29.1 Å². The zero-order valence-corrected chi connectivity index (χ0v) is 28.0. The van der Waals surface area contributed by atoms with Gasteiger partial charge in [-0.05, 0) is 49.8 Å². The molecule has 0 fully saturated rings. The summed E-state index contributed by atoms with van der Waals surface area (Å²) in [6.45, 7) is 4.43. The molecule has 0 bridgehead atoms. The van der Waals surface area contributed by atoms with Crippen LogP contribution in [0.1, 0.15) is 47.7 Å². The van der Waals surface area contributed by atoms with Crippen LogP contribution in [0.15, 0.2) is 112 Å². The number of aromatic nitrogens is 1. The number of methoxy groups -OCH3 is 1. The molecule has 0 saturated heterocycles. The molecule has 0 unspecified atom stereocenters. The molecule has 2 heterocycles. The molecule has 1 aliphatic heterocycles. The number of nitriles is 1. The molecule has 10 heteroatoms. The summed E-state index contributed by atoms with van der Waals surface area (Å²) in [4.78, 5) is 33.6. The van der Waals surface area contributed by atoms with Crippen molar-refractivity contribution >= 4 is 29.1 Å². The van der Waals surface area contributed by atoms with Crippen LogP contribution >= 0.6 is 11.3 Å². The molecule has 6 rings (SSSR count). The molecule has 0 amide bonds. The van der Waals surface area contributed by atoms with Crippen molar-refractivity contribution in [2.24, 2.45) is 4.99 Å². The largest absolute Gasteiger partial charge is 0.494 e. The van der Waals surface area contributed by atoms with Crippen molar-refractivity contribution in [2.75, 3.05) is 20.3 Å². The fourth-order valence-corrected chi connectivity index (χ4v) is 6.67. The van der Waals surface area contributed by atoms with Gasteiger partial charge in [0.1, 0.15) is 12.4 Å². The van der Waals surface area contributed by atoms with Crippen LogP contribution in [-0.2, 0) is 16.1 Å². The van der Waals surface area contributed by atoms with E-state index in [4.69, 9.17) is 23.9 Å². The number of hydrogen-bond acceptors (Lipinski definition) is 9. The van der Waals surface area contributed by atoms with Crippen LogP contribution in [0.4, 0.5) is 0 Å². The monoisotopic (exact) mass is 671 g/mol. The Morgan fingerprint density at radius 1 is 0.939 bits per heavy atom. The second-order valence-corrected chi connectivity index (χ2v) is 11.9. The lowest BCUT2D eigenvalue weighted by Crippen LogP contribution is -2.40. The minimum Gasteiger partial charge on any atom is -0.494 e. The fourth-order valence-electron chi connectivity index (χ4n) is 5.68. The van der Waals surface area contributed by atoms with E-state index in [9.17, 15) is 14.9 Å². The number of carbonyl (C=O) groups is 1. The third-order valence-corrected chi connectivity index (χ3v) is 8.89. The van der Waals surface area contributed by atoms with E-state index in [1.807, 2.05) is 85.8 Å². The van der Waals surface area contributed by atoms with Crippen LogP contribution in [0, 0.1) is 11.3 Å². The maximum absolute atomic E-state index is 14.4. The van der Waals surface area contributed by atoms with E-state index in [1.165, 1.54) is 11.3 Å². The number of ether oxygens (including phenoxy) is 4. The Balaban J connectivity index is 1.54. The van der Waals surface area contributed by atoms with Crippen molar-refractivity contribution in [3.05, 3.63) is 150 Å². The first-order chi connectivity index (χ1) is 24.0. The van der Waals surface area contributed by atoms with E-state index in [0.29, 0.717) is 55.6 Å². The molecule has 1 aliphatic rings. The number of fused-ring (bicyclic) bond motifs is 1. The number of nitrogens with zero attached hydrogens (tertiary/aromatic N) is 3. The molecule has 5 aromatic rings. The van der Waals surface area contributed by atoms with E-state index in [1.54, 1.807) is 42.9 Å². The lowest BCUT2D eigenvalue weighted by molar-refractivity contribution is -0.138. The standard InChI is InChI=1S/C39H33N3O6S/c1-4-46-30-20-18-26(19-21-30)35-33(38(44)47-5-2)34(25-12-7-6-8-13-25)41-39-42(35)37(43)32(49-39)22-27-16-11-17-31(45-3)36(27)48-24-29-15-10-9-14-28(29)23-40/h6-22,35H,4-5,24H2,1-3H3/b32-22-/t35-/m0/s1. The lowest BCUT2D eigenvalue weighted by Gasteiger charge is -2.26. The number of benzene rings is 4. The van der Waals surface area contributed by atoms with Crippen LogP contribution in [-0.4, -0.2) is 30.9 Å². The van der Waals surface area contributed by atoms with Crippen molar-refractivity contribution < 1.29 is 23.7 Å². The van der Waals surface area contributed by atoms with E-state index in [0.717, 1.165) is 11.1 Å². The van der Waals surface area contributed by atoms with Crippen LogP contribution in [0.2, 0.25) is 0 Å². The molecule has 4 aromatic carbocycles. The topological polar surface area (TPSA) is 112 Å². The second-order valence-electron chi connectivity index (χ2n) is 10.9. The smallest absolute Gasteiger partial charge is 0.338 e. The molecule has 1 atom stereocenters. The van der Waals surface area contributed by atoms with Gasteiger partial charge in [0.15, 0.2) is 16.3 Å². The quantitative estimate of drug-likeness (QED) is 0.163. The Morgan fingerprint density at radius 3 is 2.41 bits per heavy atom. The van der Waals surface area contributed by atoms with Gasteiger partial charge in [-0.15, -0.1) is 0 Å². The summed E-state index contributed by atoms with van der Waals surface area (Å²) in [6.07, 6.45) is 1.74. The summed E-state index contributed by atoms with van der Waals surface area (Å²) in [7, 11) is 1.54. The van der Waals surface area contributed by atoms with Gasteiger partial charge in [0.05, 0.1) is 53.8 Å². The fraction of sp³-hybridized carbons (Fsp3) is 0.179. The average molecular weight is 672 g/mol. The predicted octanol–water partition coefficient (Wildman–Crippen LogP) is 5.79. The summed E-state index contributed by atoms with van der Waals surface area (Å²) in [5, 5.41) is 9.57. The number of hydrogen-bond donors (Lipinski definition) is 0. The van der Waals surface area contributed by atoms with Crippen molar-refractivity contribution in [1.82, 2.24) is 4.57 Å². The third kappa shape index (κ3) is 6.75. The molecule has 0 aliphatic carbocycles. The first-order valence-corrected chi connectivity index (χ1v) is 16.6. The second kappa shape index (κ2) is 14.9. The van der Waals surface area contributed by atoms with E-state index in [-0.39, 0.29) is 24.3 Å².